The molecule has 8 rings (SSSR count). The maximum absolute atomic E-state index is 4.64. The van der Waals surface area contributed by atoms with E-state index in [-0.39, 0.29) is 0 Å². The first-order chi connectivity index (χ1) is 27.0. The van der Waals surface area contributed by atoms with Crippen molar-refractivity contribution < 1.29 is 0 Å². The van der Waals surface area contributed by atoms with E-state index in [2.05, 4.69) is 185 Å². The van der Waals surface area contributed by atoms with Gasteiger partial charge in [0.25, 0.3) is 0 Å². The van der Waals surface area contributed by atoms with Crippen molar-refractivity contribution in [3.05, 3.63) is 216 Å². The Morgan fingerprint density at radius 1 is 0.764 bits per heavy atom. The topological polar surface area (TPSA) is 12.9 Å². The summed E-state index contributed by atoms with van der Waals surface area (Å²) in [5.41, 5.74) is 17.0. The lowest BCUT2D eigenvalue weighted by Crippen LogP contribution is -2.04. The van der Waals surface area contributed by atoms with E-state index in [1.54, 1.807) is 0 Å². The first-order valence-electron chi connectivity index (χ1n) is 19.2. The highest BCUT2D eigenvalue weighted by Crippen LogP contribution is 2.46. The Morgan fingerprint density at radius 2 is 1.47 bits per heavy atom. The van der Waals surface area contributed by atoms with Gasteiger partial charge in [0.05, 0.1) is 5.52 Å². The van der Waals surface area contributed by atoms with Crippen molar-refractivity contribution in [3.63, 3.8) is 0 Å². The monoisotopic (exact) mass is 707 g/mol. The van der Waals surface area contributed by atoms with Crippen LogP contribution in [0.2, 0.25) is 0 Å². The molecule has 0 saturated carbocycles. The molecule has 266 valence electrons. The molecule has 0 radical (unpaired) electrons. The van der Waals surface area contributed by atoms with Gasteiger partial charge in [0.1, 0.15) is 0 Å². The number of aromatic nitrogens is 1. The fourth-order valence-corrected chi connectivity index (χ4v) is 8.25. The van der Waals surface area contributed by atoms with Crippen LogP contribution in [0.25, 0.3) is 71.9 Å². The van der Waals surface area contributed by atoms with E-state index in [1.807, 2.05) is 24.4 Å². The largest absolute Gasteiger partial charge is 0.256 e. The SMILES string of the molecule is C=C/C=C\C=C(/C)c1c2ccccc2c(-c2ccc3c(c2)-c2ccccc2/C(=C/C(=C\CC)C(=C)/C=C\c2ccc4cccnc4c2C)C3)c2ccccc12. The van der Waals surface area contributed by atoms with Crippen LogP contribution in [0.1, 0.15) is 48.1 Å². The van der Waals surface area contributed by atoms with E-state index < -0.39 is 0 Å². The number of hydrogen-bond donors (Lipinski definition) is 0. The summed E-state index contributed by atoms with van der Waals surface area (Å²) in [6.45, 7) is 14.9. The molecule has 0 saturated heterocycles. The van der Waals surface area contributed by atoms with Crippen LogP contribution in [0.5, 0.6) is 0 Å². The van der Waals surface area contributed by atoms with Crippen LogP contribution in [-0.4, -0.2) is 4.98 Å². The van der Waals surface area contributed by atoms with Gasteiger partial charge in [-0.2, -0.15) is 0 Å². The minimum Gasteiger partial charge on any atom is -0.256 e. The molecule has 0 fully saturated rings. The van der Waals surface area contributed by atoms with Gasteiger partial charge in [-0.05, 0) is 133 Å². The Hall–Kier alpha value is -6.57. The van der Waals surface area contributed by atoms with Crippen molar-refractivity contribution in [2.45, 2.75) is 33.6 Å². The zero-order chi connectivity index (χ0) is 37.9. The van der Waals surface area contributed by atoms with E-state index in [0.29, 0.717) is 0 Å². The lowest BCUT2D eigenvalue weighted by molar-refractivity contribution is 1.20. The van der Waals surface area contributed by atoms with Gasteiger partial charge >= 0.3 is 0 Å². The summed E-state index contributed by atoms with van der Waals surface area (Å²) in [6, 6.07) is 42.2. The number of aryl methyl sites for hydroxylation is 1. The van der Waals surface area contributed by atoms with E-state index in [1.165, 1.54) is 77.2 Å². The summed E-state index contributed by atoms with van der Waals surface area (Å²) in [5.74, 6) is 0. The molecule has 1 aliphatic carbocycles. The summed E-state index contributed by atoms with van der Waals surface area (Å²) in [5, 5.41) is 6.20. The first-order valence-corrected chi connectivity index (χ1v) is 19.2. The second-order valence-corrected chi connectivity index (χ2v) is 14.4. The molecule has 7 aromatic rings. The van der Waals surface area contributed by atoms with Gasteiger partial charge in [-0.1, -0.05) is 172 Å². The Kier molecular flexibility index (Phi) is 9.94. The molecule has 0 unspecified atom stereocenters. The summed E-state index contributed by atoms with van der Waals surface area (Å²) in [7, 11) is 0. The lowest BCUT2D eigenvalue weighted by Gasteiger charge is -2.25. The third-order valence-corrected chi connectivity index (χ3v) is 10.9. The van der Waals surface area contributed by atoms with Gasteiger partial charge in [-0.15, -0.1) is 0 Å². The predicted molar refractivity (Wildman–Crippen MR) is 240 cm³/mol. The van der Waals surface area contributed by atoms with Crippen LogP contribution < -0.4 is 0 Å². The van der Waals surface area contributed by atoms with Gasteiger partial charge in [0.2, 0.25) is 0 Å². The number of hydrogen-bond acceptors (Lipinski definition) is 1. The molecule has 6 aromatic carbocycles. The van der Waals surface area contributed by atoms with Crippen molar-refractivity contribution in [2.24, 2.45) is 0 Å². The number of allylic oxidation sites excluding steroid dienone is 11. The fraction of sp³-hybridized carbons (Fsp3) is 0.0926. The van der Waals surface area contributed by atoms with Crippen LogP contribution in [0.3, 0.4) is 0 Å². The number of rotatable bonds is 9. The Balaban J connectivity index is 1.20. The summed E-state index contributed by atoms with van der Waals surface area (Å²) < 4.78 is 0. The normalized spacial score (nSPS) is 14.0. The molecular weight excluding hydrogens is 663 g/mol. The summed E-state index contributed by atoms with van der Waals surface area (Å²) in [6.07, 6.45) is 20.7. The molecule has 0 atom stereocenters. The molecule has 1 heteroatoms. The Morgan fingerprint density at radius 3 is 2.20 bits per heavy atom. The molecule has 0 spiro atoms. The maximum Gasteiger partial charge on any atom is 0.0737 e. The van der Waals surface area contributed by atoms with E-state index in [9.17, 15) is 0 Å². The average Bonchev–Trinajstić information content (AvgIpc) is 3.22. The molecular formula is C54H45N. The van der Waals surface area contributed by atoms with Crippen LogP contribution in [0.15, 0.2) is 188 Å². The summed E-state index contributed by atoms with van der Waals surface area (Å²) >= 11 is 0. The van der Waals surface area contributed by atoms with Crippen molar-refractivity contribution in [3.8, 4) is 22.3 Å². The maximum atomic E-state index is 4.64. The second-order valence-electron chi connectivity index (χ2n) is 14.4. The number of pyridine rings is 1. The van der Waals surface area contributed by atoms with E-state index >= 15 is 0 Å². The van der Waals surface area contributed by atoms with E-state index in [0.717, 1.165) is 40.5 Å². The Labute approximate surface area is 325 Å². The quantitative estimate of drug-likeness (QED) is 0.108. The zero-order valence-corrected chi connectivity index (χ0v) is 31.9. The van der Waals surface area contributed by atoms with Crippen LogP contribution in [-0.2, 0) is 6.42 Å². The minimum absolute atomic E-state index is 0.850. The highest BCUT2D eigenvalue weighted by Gasteiger charge is 2.22. The van der Waals surface area contributed by atoms with E-state index in [4.69, 9.17) is 0 Å². The van der Waals surface area contributed by atoms with Gasteiger partial charge in [-0.3, -0.25) is 4.98 Å². The van der Waals surface area contributed by atoms with Crippen LogP contribution in [0, 0.1) is 6.92 Å². The molecule has 1 aromatic heterocycles. The zero-order valence-electron chi connectivity index (χ0n) is 31.9. The third kappa shape index (κ3) is 6.75. The summed E-state index contributed by atoms with van der Waals surface area (Å²) in [4.78, 5) is 4.64. The highest BCUT2D eigenvalue weighted by atomic mass is 14.6. The first kappa shape index (κ1) is 35.5. The second kappa shape index (κ2) is 15.4. The lowest BCUT2D eigenvalue weighted by atomic mass is 9.79. The highest BCUT2D eigenvalue weighted by molar-refractivity contribution is 6.19. The molecule has 55 heavy (non-hydrogen) atoms. The smallest absolute Gasteiger partial charge is 0.0737 e. The van der Waals surface area contributed by atoms with Crippen molar-refractivity contribution in [1.82, 2.24) is 4.98 Å². The fourth-order valence-electron chi connectivity index (χ4n) is 8.25. The predicted octanol–water partition coefficient (Wildman–Crippen LogP) is 14.9. The molecule has 0 amide bonds. The van der Waals surface area contributed by atoms with Gasteiger partial charge in [-0.25, -0.2) is 0 Å². The molecule has 1 aliphatic rings. The molecule has 0 N–H and O–H groups in total. The molecule has 0 aliphatic heterocycles. The van der Waals surface area contributed by atoms with Crippen LogP contribution >= 0.6 is 0 Å². The molecule has 1 heterocycles. The van der Waals surface area contributed by atoms with Gasteiger partial charge in [0.15, 0.2) is 0 Å². The standard InChI is InChI=1S/C54H45N/c1-6-8-9-18-37(4)52-47-22-12-14-24-49(47)53(50-25-15-13-23-48(50)52)43-31-30-42-34-44(45-20-10-11-21-46(45)51(42)35-43)33-41(17-7-2)36(3)26-27-39-28-29-40-19-16-32-55-54(40)38(39)5/h6,8-33,35H,1,3,7,34H2,2,4-5H3/b9-8-,27-26-,37-18+,41-17+,44-33+. The van der Waals surface area contributed by atoms with Crippen molar-refractivity contribution >= 4 is 49.7 Å². The van der Waals surface area contributed by atoms with Crippen LogP contribution in [0.4, 0.5) is 0 Å². The number of benzene rings is 6. The van der Waals surface area contributed by atoms with Crippen molar-refractivity contribution in [2.75, 3.05) is 0 Å². The van der Waals surface area contributed by atoms with Crippen molar-refractivity contribution in [1.29, 1.82) is 0 Å². The third-order valence-electron chi connectivity index (χ3n) is 10.9. The Bertz CT molecular complexity index is 2760. The number of fused-ring (bicyclic) bond motifs is 6. The molecule has 0 bridgehead atoms. The van der Waals surface area contributed by atoms with Gasteiger partial charge < -0.3 is 0 Å². The minimum atomic E-state index is 0.850. The molecule has 1 nitrogen and oxygen atoms in total. The van der Waals surface area contributed by atoms with Gasteiger partial charge in [0, 0.05) is 11.6 Å². The average molecular weight is 708 g/mol. The number of nitrogens with zero attached hydrogens (tertiary/aromatic N) is 1.